The molecule has 1 aromatic carbocycles. The number of ether oxygens (including phenoxy) is 1. The standard InChI is InChI=1S/C24H30N2O4/c1-23(13-18-5-3-4-6-19(18)30-2)21(28)26(22(29)25-23)14-20(27)24-10-15-7-16(11-24)9-17(8-15)12-24/h3-6,15-17H,7-14H2,1-2H3,(H,25,29). The normalized spacial score (nSPS) is 36.9. The molecule has 4 bridgehead atoms. The topological polar surface area (TPSA) is 75.7 Å². The SMILES string of the molecule is COc1ccccc1CC1(C)NC(=O)N(CC(=O)C23CC4CC(CC(C4)C2)C3)C1=O. The maximum atomic E-state index is 13.4. The molecule has 1 aromatic rings. The summed E-state index contributed by atoms with van der Waals surface area (Å²) in [5, 5.41) is 2.84. The van der Waals surface area contributed by atoms with Gasteiger partial charge in [0.05, 0.1) is 13.7 Å². The van der Waals surface area contributed by atoms with E-state index in [1.54, 1.807) is 14.0 Å². The Balaban J connectivity index is 1.33. The van der Waals surface area contributed by atoms with E-state index in [1.165, 1.54) is 19.3 Å². The highest BCUT2D eigenvalue weighted by molar-refractivity contribution is 6.09. The maximum Gasteiger partial charge on any atom is 0.325 e. The zero-order valence-corrected chi connectivity index (χ0v) is 17.8. The lowest BCUT2D eigenvalue weighted by Crippen LogP contribution is -2.53. The zero-order valence-electron chi connectivity index (χ0n) is 17.8. The van der Waals surface area contributed by atoms with Crippen LogP contribution in [0.2, 0.25) is 0 Å². The number of carbonyl (C=O) groups excluding carboxylic acids is 3. The maximum absolute atomic E-state index is 13.4. The van der Waals surface area contributed by atoms with Gasteiger partial charge in [-0.15, -0.1) is 0 Å². The predicted molar refractivity (Wildman–Crippen MR) is 111 cm³/mol. The van der Waals surface area contributed by atoms with Crippen molar-refractivity contribution in [2.45, 2.75) is 57.4 Å². The van der Waals surface area contributed by atoms with Crippen molar-refractivity contribution in [3.63, 3.8) is 0 Å². The van der Waals surface area contributed by atoms with Crippen molar-refractivity contribution < 1.29 is 19.1 Å². The Bertz CT molecular complexity index is 875. The van der Waals surface area contributed by atoms with Crippen molar-refractivity contribution >= 4 is 17.7 Å². The average Bonchev–Trinajstić information content (AvgIpc) is 2.90. The molecular formula is C24H30N2O4. The fraction of sp³-hybridized carbons (Fsp3) is 0.625. The minimum atomic E-state index is -1.08. The molecule has 1 unspecified atom stereocenters. The number of urea groups is 1. The first-order valence-corrected chi connectivity index (χ1v) is 11.1. The van der Waals surface area contributed by atoms with Crippen LogP contribution in [0.3, 0.4) is 0 Å². The molecule has 5 aliphatic rings. The summed E-state index contributed by atoms with van der Waals surface area (Å²) >= 11 is 0. The summed E-state index contributed by atoms with van der Waals surface area (Å²) in [6.07, 6.45) is 6.93. The summed E-state index contributed by atoms with van der Waals surface area (Å²) in [5.74, 6) is 2.41. The fourth-order valence-electron chi connectivity index (χ4n) is 7.00. The lowest BCUT2D eigenvalue weighted by molar-refractivity contribution is -0.147. The Morgan fingerprint density at radius 3 is 2.30 bits per heavy atom. The molecule has 160 valence electrons. The third-order valence-electron chi connectivity index (χ3n) is 8.01. The summed E-state index contributed by atoms with van der Waals surface area (Å²) in [7, 11) is 1.59. The van der Waals surface area contributed by atoms with E-state index in [0.29, 0.717) is 29.9 Å². The quantitative estimate of drug-likeness (QED) is 0.730. The molecule has 6 nitrogen and oxygen atoms in total. The van der Waals surface area contributed by atoms with Crippen LogP contribution in [0.4, 0.5) is 4.79 Å². The van der Waals surface area contributed by atoms with Crippen LogP contribution in [0.15, 0.2) is 24.3 Å². The Hall–Kier alpha value is -2.37. The van der Waals surface area contributed by atoms with Crippen molar-refractivity contribution in [3.8, 4) is 5.75 Å². The molecule has 5 fully saturated rings. The van der Waals surface area contributed by atoms with Gasteiger partial charge in [-0.1, -0.05) is 18.2 Å². The predicted octanol–water partition coefficient (Wildman–Crippen LogP) is 3.33. The molecule has 4 aliphatic carbocycles. The van der Waals surface area contributed by atoms with E-state index in [0.717, 1.165) is 29.7 Å². The van der Waals surface area contributed by atoms with Crippen LogP contribution < -0.4 is 10.1 Å². The average molecular weight is 411 g/mol. The van der Waals surface area contributed by atoms with Crippen molar-refractivity contribution in [3.05, 3.63) is 29.8 Å². The molecule has 0 spiro atoms. The molecule has 1 atom stereocenters. The Morgan fingerprint density at radius 2 is 1.70 bits per heavy atom. The van der Waals surface area contributed by atoms with Crippen molar-refractivity contribution in [1.29, 1.82) is 0 Å². The van der Waals surface area contributed by atoms with Crippen LogP contribution in [-0.2, 0) is 16.0 Å². The highest BCUT2D eigenvalue weighted by Crippen LogP contribution is 2.60. The van der Waals surface area contributed by atoms with Crippen molar-refractivity contribution in [1.82, 2.24) is 10.2 Å². The van der Waals surface area contributed by atoms with Gasteiger partial charge in [0.2, 0.25) is 0 Å². The van der Waals surface area contributed by atoms with Gasteiger partial charge in [-0.3, -0.25) is 14.5 Å². The van der Waals surface area contributed by atoms with E-state index in [-0.39, 0.29) is 23.7 Å². The molecule has 1 heterocycles. The number of hydrogen-bond donors (Lipinski definition) is 1. The first-order valence-electron chi connectivity index (χ1n) is 11.1. The number of hydrogen-bond acceptors (Lipinski definition) is 4. The number of nitrogens with zero attached hydrogens (tertiary/aromatic N) is 1. The van der Waals surface area contributed by atoms with Gasteiger partial charge < -0.3 is 10.1 Å². The summed E-state index contributed by atoms with van der Waals surface area (Å²) in [6, 6.07) is 7.03. The Morgan fingerprint density at radius 1 is 1.10 bits per heavy atom. The number of methoxy groups -OCH3 is 1. The van der Waals surface area contributed by atoms with Crippen molar-refractivity contribution in [2.75, 3.05) is 13.7 Å². The van der Waals surface area contributed by atoms with Gasteiger partial charge in [-0.2, -0.15) is 0 Å². The smallest absolute Gasteiger partial charge is 0.325 e. The highest BCUT2D eigenvalue weighted by Gasteiger charge is 2.56. The largest absolute Gasteiger partial charge is 0.496 e. The molecule has 6 heteroatoms. The number of ketones is 1. The number of carbonyl (C=O) groups is 3. The van der Waals surface area contributed by atoms with Gasteiger partial charge >= 0.3 is 6.03 Å². The number of benzene rings is 1. The van der Waals surface area contributed by atoms with E-state index in [2.05, 4.69) is 5.32 Å². The van der Waals surface area contributed by atoms with Gasteiger partial charge in [0.1, 0.15) is 11.3 Å². The van der Waals surface area contributed by atoms with E-state index >= 15 is 0 Å². The third kappa shape index (κ3) is 3.03. The van der Waals surface area contributed by atoms with E-state index in [1.807, 2.05) is 24.3 Å². The molecule has 3 amide bonds. The van der Waals surface area contributed by atoms with Crippen LogP contribution >= 0.6 is 0 Å². The molecule has 0 radical (unpaired) electrons. The van der Waals surface area contributed by atoms with Gasteiger partial charge in [-0.05, 0) is 74.8 Å². The number of imide groups is 1. The minimum absolute atomic E-state index is 0.0895. The van der Waals surface area contributed by atoms with E-state index < -0.39 is 11.6 Å². The number of rotatable bonds is 6. The minimum Gasteiger partial charge on any atom is -0.496 e. The number of para-hydroxylation sites is 1. The monoisotopic (exact) mass is 410 g/mol. The zero-order chi connectivity index (χ0) is 21.1. The molecule has 1 aliphatic heterocycles. The lowest BCUT2D eigenvalue weighted by atomic mass is 9.48. The molecular weight excluding hydrogens is 380 g/mol. The summed E-state index contributed by atoms with van der Waals surface area (Å²) < 4.78 is 5.40. The first-order chi connectivity index (χ1) is 14.3. The molecule has 1 N–H and O–H groups in total. The second kappa shape index (κ2) is 6.82. The van der Waals surface area contributed by atoms with Crippen molar-refractivity contribution in [2.24, 2.45) is 23.2 Å². The Labute approximate surface area is 177 Å². The summed E-state index contributed by atoms with van der Waals surface area (Å²) in [5.41, 5.74) is -0.532. The Kier molecular flexibility index (Phi) is 4.46. The van der Waals surface area contributed by atoms with E-state index in [4.69, 9.17) is 4.74 Å². The van der Waals surface area contributed by atoms with Crippen LogP contribution in [0.25, 0.3) is 0 Å². The lowest BCUT2D eigenvalue weighted by Gasteiger charge is -2.56. The van der Waals surface area contributed by atoms with Crippen LogP contribution in [0, 0.1) is 23.2 Å². The second-order valence-corrected chi connectivity index (χ2v) is 10.3. The first kappa shape index (κ1) is 19.6. The van der Waals surface area contributed by atoms with Gasteiger partial charge in [-0.25, -0.2) is 4.79 Å². The fourth-order valence-corrected chi connectivity index (χ4v) is 7.00. The number of Topliss-reactive ketones (excluding diaryl/α,β-unsaturated/α-hetero) is 1. The number of amides is 3. The summed E-state index contributed by atoms with van der Waals surface area (Å²) in [6.45, 7) is 1.63. The molecule has 4 saturated carbocycles. The molecule has 0 aromatic heterocycles. The number of nitrogens with one attached hydrogen (secondary N) is 1. The second-order valence-electron chi connectivity index (χ2n) is 10.3. The molecule has 6 rings (SSSR count). The summed E-state index contributed by atoms with van der Waals surface area (Å²) in [4.78, 5) is 40.5. The van der Waals surface area contributed by atoms with E-state index in [9.17, 15) is 14.4 Å². The van der Waals surface area contributed by atoms with Crippen LogP contribution in [-0.4, -0.2) is 41.8 Å². The van der Waals surface area contributed by atoms with Crippen LogP contribution in [0.1, 0.15) is 51.0 Å². The molecule has 30 heavy (non-hydrogen) atoms. The third-order valence-corrected chi connectivity index (χ3v) is 8.01. The highest BCUT2D eigenvalue weighted by atomic mass is 16.5. The molecule has 1 saturated heterocycles. The van der Waals surface area contributed by atoms with Gasteiger partial charge in [0, 0.05) is 11.8 Å². The van der Waals surface area contributed by atoms with Gasteiger partial charge in [0.25, 0.3) is 5.91 Å². The van der Waals surface area contributed by atoms with Crippen LogP contribution in [0.5, 0.6) is 5.75 Å². The van der Waals surface area contributed by atoms with Gasteiger partial charge in [0.15, 0.2) is 5.78 Å².